The Balaban J connectivity index is 1.66. The van der Waals surface area contributed by atoms with E-state index in [9.17, 15) is 13.2 Å². The topological polar surface area (TPSA) is 26.0 Å². The molecule has 3 aromatic carbocycles. The first-order valence-corrected chi connectivity index (χ1v) is 10.5. The number of halogens is 3. The van der Waals surface area contributed by atoms with Crippen LogP contribution in [0.1, 0.15) is 11.1 Å². The lowest BCUT2D eigenvalue weighted by Crippen LogP contribution is -2.04. The monoisotopic (exact) mass is 433 g/mol. The van der Waals surface area contributed by atoms with Gasteiger partial charge in [0.2, 0.25) is 0 Å². The zero-order chi connectivity index (χ0) is 21.3. The van der Waals surface area contributed by atoms with Gasteiger partial charge in [0.1, 0.15) is 11.2 Å². The molecule has 0 aliphatic rings. The number of para-hydroxylation sites is 1. The fourth-order valence-corrected chi connectivity index (χ4v) is 5.69. The van der Waals surface area contributed by atoms with E-state index in [4.69, 9.17) is 4.42 Å². The van der Waals surface area contributed by atoms with Crippen LogP contribution >= 0.6 is 11.3 Å². The van der Waals surface area contributed by atoms with Crippen molar-refractivity contribution in [3.8, 4) is 11.3 Å². The summed E-state index contributed by atoms with van der Waals surface area (Å²) in [6, 6.07) is 17.9. The average molecular weight is 433 g/mol. The molecule has 0 saturated heterocycles. The van der Waals surface area contributed by atoms with Crippen molar-refractivity contribution in [1.29, 1.82) is 0 Å². The first-order valence-electron chi connectivity index (χ1n) is 9.71. The molecular formula is C25H14F3NOS. The molecular weight excluding hydrogens is 419 g/mol. The molecule has 0 spiro atoms. The van der Waals surface area contributed by atoms with Crippen molar-refractivity contribution in [3.05, 3.63) is 78.0 Å². The van der Waals surface area contributed by atoms with Gasteiger partial charge in [-0.2, -0.15) is 13.2 Å². The van der Waals surface area contributed by atoms with E-state index in [1.807, 2.05) is 43.3 Å². The molecule has 6 rings (SSSR count). The lowest BCUT2D eigenvalue weighted by Gasteiger charge is -2.06. The maximum absolute atomic E-state index is 13.6. The molecule has 0 unspecified atom stereocenters. The van der Waals surface area contributed by atoms with Crippen molar-refractivity contribution >= 4 is 53.4 Å². The second-order valence-electron chi connectivity index (χ2n) is 7.58. The lowest BCUT2D eigenvalue weighted by molar-refractivity contribution is -0.136. The van der Waals surface area contributed by atoms with Crippen molar-refractivity contribution in [2.45, 2.75) is 13.1 Å². The summed E-state index contributed by atoms with van der Waals surface area (Å²) >= 11 is 1.14. The third kappa shape index (κ3) is 2.68. The van der Waals surface area contributed by atoms with Crippen LogP contribution in [0.3, 0.4) is 0 Å². The maximum Gasteiger partial charge on any atom is 0.417 e. The molecule has 0 fully saturated rings. The smallest absolute Gasteiger partial charge is 0.417 e. The van der Waals surface area contributed by atoms with Gasteiger partial charge >= 0.3 is 6.18 Å². The number of hydrogen-bond acceptors (Lipinski definition) is 3. The Morgan fingerprint density at radius 3 is 2.45 bits per heavy atom. The highest BCUT2D eigenvalue weighted by atomic mass is 32.1. The van der Waals surface area contributed by atoms with Crippen LogP contribution in [0.15, 0.2) is 71.3 Å². The summed E-state index contributed by atoms with van der Waals surface area (Å²) in [6.45, 7) is 2.01. The van der Waals surface area contributed by atoms with E-state index < -0.39 is 11.7 Å². The number of benzene rings is 3. The molecule has 2 nitrogen and oxygen atoms in total. The first kappa shape index (κ1) is 18.4. The molecule has 0 bridgehead atoms. The summed E-state index contributed by atoms with van der Waals surface area (Å²) in [5.41, 5.74) is 3.47. The number of alkyl halides is 3. The van der Waals surface area contributed by atoms with Gasteiger partial charge in [-0.05, 0) is 42.8 Å². The molecule has 0 radical (unpaired) electrons. The van der Waals surface area contributed by atoms with E-state index >= 15 is 0 Å². The van der Waals surface area contributed by atoms with Gasteiger partial charge in [0, 0.05) is 38.0 Å². The quantitative estimate of drug-likeness (QED) is 0.260. The van der Waals surface area contributed by atoms with Crippen LogP contribution in [0.5, 0.6) is 0 Å². The molecule has 31 heavy (non-hydrogen) atoms. The number of fused-ring (bicyclic) bond motifs is 6. The van der Waals surface area contributed by atoms with Gasteiger partial charge in [-0.15, -0.1) is 11.3 Å². The standard InChI is InChI=1S/C25H14F3NOS/c1-13-11-14(12-20-21(13)17-5-2-3-8-19(17)30-20)22-24-16(9-10-29-22)15-6-4-7-18(23(15)31-24)25(26,27)28/h2-12H,1H3. The van der Waals surface area contributed by atoms with Crippen LogP contribution in [-0.4, -0.2) is 4.98 Å². The number of rotatable bonds is 1. The average Bonchev–Trinajstić information content (AvgIpc) is 3.31. The summed E-state index contributed by atoms with van der Waals surface area (Å²) in [5.74, 6) is 0. The second-order valence-corrected chi connectivity index (χ2v) is 8.60. The fourth-order valence-electron chi connectivity index (χ4n) is 4.35. The summed E-state index contributed by atoms with van der Waals surface area (Å²) in [4.78, 5) is 4.55. The van der Waals surface area contributed by atoms with Gasteiger partial charge in [-0.25, -0.2) is 0 Å². The normalized spacial score (nSPS) is 12.5. The van der Waals surface area contributed by atoms with Crippen molar-refractivity contribution in [3.63, 3.8) is 0 Å². The predicted octanol–water partition coefficient (Wildman–Crippen LogP) is 8.34. The lowest BCUT2D eigenvalue weighted by atomic mass is 10.0. The van der Waals surface area contributed by atoms with Crippen LogP contribution in [0, 0.1) is 6.92 Å². The van der Waals surface area contributed by atoms with Crippen LogP contribution in [0.2, 0.25) is 0 Å². The highest BCUT2D eigenvalue weighted by Crippen LogP contribution is 2.45. The van der Waals surface area contributed by atoms with E-state index in [1.54, 1.807) is 18.3 Å². The molecule has 6 aromatic rings. The van der Waals surface area contributed by atoms with E-state index in [2.05, 4.69) is 4.98 Å². The summed E-state index contributed by atoms with van der Waals surface area (Å²) in [6.07, 6.45) is -2.75. The van der Waals surface area contributed by atoms with Gasteiger partial charge in [0.15, 0.2) is 0 Å². The molecule has 0 atom stereocenters. The van der Waals surface area contributed by atoms with E-state index in [0.717, 1.165) is 60.6 Å². The number of aromatic nitrogens is 1. The molecule has 152 valence electrons. The third-order valence-corrected chi connectivity index (χ3v) is 6.93. The maximum atomic E-state index is 13.6. The zero-order valence-corrected chi connectivity index (χ0v) is 17.1. The van der Waals surface area contributed by atoms with Crippen molar-refractivity contribution in [2.75, 3.05) is 0 Å². The van der Waals surface area contributed by atoms with Gasteiger partial charge in [-0.1, -0.05) is 30.3 Å². The minimum Gasteiger partial charge on any atom is -0.456 e. The van der Waals surface area contributed by atoms with E-state index in [1.165, 1.54) is 6.07 Å². The van der Waals surface area contributed by atoms with Crippen LogP contribution < -0.4 is 0 Å². The fraction of sp³-hybridized carbons (Fsp3) is 0.0800. The Morgan fingerprint density at radius 2 is 1.61 bits per heavy atom. The number of nitrogens with zero attached hydrogens (tertiary/aromatic N) is 1. The molecule has 0 aliphatic heterocycles. The van der Waals surface area contributed by atoms with Gasteiger partial charge in [0.25, 0.3) is 0 Å². The molecule has 0 aliphatic carbocycles. The largest absolute Gasteiger partial charge is 0.456 e. The van der Waals surface area contributed by atoms with Gasteiger partial charge in [0.05, 0.1) is 16.0 Å². The van der Waals surface area contributed by atoms with Crippen LogP contribution in [0.25, 0.3) is 53.4 Å². The highest BCUT2D eigenvalue weighted by molar-refractivity contribution is 7.26. The van der Waals surface area contributed by atoms with Crippen molar-refractivity contribution in [2.24, 2.45) is 0 Å². The molecule has 6 heteroatoms. The van der Waals surface area contributed by atoms with Crippen molar-refractivity contribution in [1.82, 2.24) is 4.98 Å². The van der Waals surface area contributed by atoms with Gasteiger partial charge in [-0.3, -0.25) is 4.98 Å². The van der Waals surface area contributed by atoms with Gasteiger partial charge < -0.3 is 4.42 Å². The van der Waals surface area contributed by atoms with Crippen LogP contribution in [0.4, 0.5) is 13.2 Å². The molecule has 0 N–H and O–H groups in total. The molecule has 3 heterocycles. The number of thiophene rings is 1. The summed E-state index contributed by atoms with van der Waals surface area (Å²) in [5, 5.41) is 3.46. The highest BCUT2D eigenvalue weighted by Gasteiger charge is 2.33. The molecule has 0 saturated carbocycles. The Kier molecular flexibility index (Phi) is 3.74. The molecule has 3 aromatic heterocycles. The number of pyridine rings is 1. The number of furan rings is 1. The first-order chi connectivity index (χ1) is 14.9. The summed E-state index contributed by atoms with van der Waals surface area (Å²) < 4.78 is 47.8. The number of hydrogen-bond donors (Lipinski definition) is 0. The second kappa shape index (κ2) is 6.31. The third-order valence-electron chi connectivity index (χ3n) is 5.67. The number of aryl methyl sites for hydroxylation is 1. The minimum atomic E-state index is -4.41. The Labute approximate surface area is 178 Å². The van der Waals surface area contributed by atoms with E-state index in [-0.39, 0.29) is 4.70 Å². The Hall–Kier alpha value is -3.38. The van der Waals surface area contributed by atoms with Crippen molar-refractivity contribution < 1.29 is 17.6 Å². The summed E-state index contributed by atoms with van der Waals surface area (Å²) in [7, 11) is 0. The van der Waals surface area contributed by atoms with E-state index in [0.29, 0.717) is 11.1 Å². The molecule has 0 amide bonds. The zero-order valence-electron chi connectivity index (χ0n) is 16.2. The predicted molar refractivity (Wildman–Crippen MR) is 120 cm³/mol. The van der Waals surface area contributed by atoms with Crippen LogP contribution in [-0.2, 0) is 6.18 Å². The minimum absolute atomic E-state index is 0.237. The Bertz CT molecular complexity index is 1640. The SMILES string of the molecule is Cc1cc(-c2nccc3c2sc2c(C(F)(F)F)cccc23)cc2oc3ccccc3c12. The Morgan fingerprint density at radius 1 is 0.839 bits per heavy atom.